The number of carbonyl (C=O) groups is 1. The Bertz CT molecular complexity index is 497. The molecule has 90 valence electrons. The van der Waals surface area contributed by atoms with Crippen molar-refractivity contribution in [1.29, 1.82) is 5.26 Å². The van der Waals surface area contributed by atoms with Crippen molar-refractivity contribution < 1.29 is 9.53 Å². The Kier molecular flexibility index (Phi) is 3.05. The maximum absolute atomic E-state index is 11.7. The molecule has 0 radical (unpaired) electrons. The van der Waals surface area contributed by atoms with E-state index in [0.717, 1.165) is 37.9 Å². The first-order valence-corrected chi connectivity index (χ1v) is 5.70. The maximum Gasteiger partial charge on any atom is 0.341 e. The predicted molar refractivity (Wildman–Crippen MR) is 62.5 cm³/mol. The van der Waals surface area contributed by atoms with Gasteiger partial charge < -0.3 is 15.0 Å². The summed E-state index contributed by atoms with van der Waals surface area (Å²) in [4.78, 5) is 11.7. The van der Waals surface area contributed by atoms with Crippen molar-refractivity contribution in [3.63, 3.8) is 0 Å². The Morgan fingerprint density at radius 1 is 1.47 bits per heavy atom. The normalized spacial score (nSPS) is 14.6. The lowest BCUT2D eigenvalue weighted by Gasteiger charge is -2.06. The number of esters is 1. The van der Waals surface area contributed by atoms with Crippen molar-refractivity contribution in [1.82, 2.24) is 4.57 Å². The van der Waals surface area contributed by atoms with Gasteiger partial charge in [-0.15, -0.1) is 0 Å². The van der Waals surface area contributed by atoms with Gasteiger partial charge in [0, 0.05) is 12.2 Å². The predicted octanol–water partition coefficient (Wildman–Crippen LogP) is 1.45. The molecule has 2 heterocycles. The molecule has 1 aliphatic heterocycles. The average Bonchev–Trinajstić information content (AvgIpc) is 2.50. The Labute approximate surface area is 99.8 Å². The van der Waals surface area contributed by atoms with Gasteiger partial charge in [-0.05, 0) is 19.3 Å². The minimum atomic E-state index is -0.449. The molecule has 0 bridgehead atoms. The molecular formula is C12H15N3O2. The standard InChI is InChI=1S/C12H15N3O2/c1-17-12(16)10-8-5-3-2-4-6-15(8)9(7-13)11(10)14/h2-6,14H2,1H3. The lowest BCUT2D eigenvalue weighted by atomic mass is 10.1. The summed E-state index contributed by atoms with van der Waals surface area (Å²) in [6, 6.07) is 2.08. The molecule has 17 heavy (non-hydrogen) atoms. The highest BCUT2D eigenvalue weighted by Crippen LogP contribution is 2.30. The van der Waals surface area contributed by atoms with Gasteiger partial charge in [-0.3, -0.25) is 0 Å². The van der Waals surface area contributed by atoms with Crippen molar-refractivity contribution in [2.75, 3.05) is 12.8 Å². The van der Waals surface area contributed by atoms with Gasteiger partial charge in [-0.25, -0.2) is 4.79 Å². The monoisotopic (exact) mass is 233 g/mol. The third-order valence-electron chi connectivity index (χ3n) is 3.20. The third kappa shape index (κ3) is 1.76. The highest BCUT2D eigenvalue weighted by molar-refractivity contribution is 5.98. The zero-order chi connectivity index (χ0) is 12.4. The molecule has 0 saturated heterocycles. The van der Waals surface area contributed by atoms with E-state index >= 15 is 0 Å². The van der Waals surface area contributed by atoms with E-state index in [2.05, 4.69) is 6.07 Å². The summed E-state index contributed by atoms with van der Waals surface area (Å²) in [5.41, 5.74) is 7.76. The Morgan fingerprint density at radius 2 is 2.24 bits per heavy atom. The second-order valence-electron chi connectivity index (χ2n) is 4.15. The molecule has 0 fully saturated rings. The molecule has 0 saturated carbocycles. The van der Waals surface area contributed by atoms with Crippen molar-refractivity contribution >= 4 is 11.7 Å². The molecule has 0 atom stereocenters. The number of nitrogen functional groups attached to an aromatic ring is 1. The van der Waals surface area contributed by atoms with Crippen LogP contribution in [0, 0.1) is 11.3 Å². The summed E-state index contributed by atoms with van der Waals surface area (Å²) in [6.45, 7) is 0.749. The molecule has 1 aliphatic rings. The molecule has 1 aromatic heterocycles. The number of nitrogens with zero attached hydrogens (tertiary/aromatic N) is 2. The number of methoxy groups -OCH3 is 1. The number of fused-ring (bicyclic) bond motifs is 1. The van der Waals surface area contributed by atoms with Gasteiger partial charge in [0.05, 0.1) is 12.8 Å². The lowest BCUT2D eigenvalue weighted by Crippen LogP contribution is -2.08. The Hall–Kier alpha value is -1.96. The lowest BCUT2D eigenvalue weighted by molar-refractivity contribution is 0.0600. The van der Waals surface area contributed by atoms with Crippen LogP contribution in [0.1, 0.15) is 41.0 Å². The molecule has 0 unspecified atom stereocenters. The number of rotatable bonds is 1. The molecule has 1 aromatic rings. The molecule has 2 rings (SSSR count). The number of nitrogens with two attached hydrogens (primary N) is 1. The number of hydrogen-bond donors (Lipinski definition) is 1. The van der Waals surface area contributed by atoms with Crippen molar-refractivity contribution in [3.05, 3.63) is 17.0 Å². The van der Waals surface area contributed by atoms with E-state index in [1.165, 1.54) is 7.11 Å². The van der Waals surface area contributed by atoms with Crippen LogP contribution < -0.4 is 5.73 Å². The van der Waals surface area contributed by atoms with Crippen LogP contribution in [0.4, 0.5) is 5.69 Å². The molecule has 0 amide bonds. The largest absolute Gasteiger partial charge is 0.465 e. The van der Waals surface area contributed by atoms with Crippen LogP contribution >= 0.6 is 0 Å². The minimum absolute atomic E-state index is 0.260. The van der Waals surface area contributed by atoms with Gasteiger partial charge >= 0.3 is 5.97 Å². The number of carbonyl (C=O) groups excluding carboxylic acids is 1. The summed E-state index contributed by atoms with van der Waals surface area (Å²) >= 11 is 0. The fourth-order valence-corrected chi connectivity index (χ4v) is 2.39. The number of ether oxygens (including phenoxy) is 1. The summed E-state index contributed by atoms with van der Waals surface area (Å²) in [7, 11) is 1.33. The van der Waals surface area contributed by atoms with E-state index in [-0.39, 0.29) is 5.69 Å². The molecular weight excluding hydrogens is 218 g/mol. The van der Waals surface area contributed by atoms with Crippen LogP contribution in [0.15, 0.2) is 0 Å². The van der Waals surface area contributed by atoms with E-state index in [9.17, 15) is 4.79 Å². The molecule has 5 nitrogen and oxygen atoms in total. The van der Waals surface area contributed by atoms with Crippen molar-refractivity contribution in [2.45, 2.75) is 32.2 Å². The first-order valence-electron chi connectivity index (χ1n) is 5.70. The third-order valence-corrected chi connectivity index (χ3v) is 3.20. The quantitative estimate of drug-likeness (QED) is 0.744. The van der Waals surface area contributed by atoms with Crippen molar-refractivity contribution in [2.24, 2.45) is 0 Å². The van der Waals surface area contributed by atoms with Gasteiger partial charge in [0.25, 0.3) is 0 Å². The van der Waals surface area contributed by atoms with Crippen LogP contribution in [-0.4, -0.2) is 17.6 Å². The summed E-state index contributed by atoms with van der Waals surface area (Å²) < 4.78 is 6.61. The van der Waals surface area contributed by atoms with Gasteiger partial charge in [0.2, 0.25) is 0 Å². The fourth-order valence-electron chi connectivity index (χ4n) is 2.39. The Balaban J connectivity index is 2.63. The smallest absolute Gasteiger partial charge is 0.341 e. The highest BCUT2D eigenvalue weighted by Gasteiger charge is 2.26. The van der Waals surface area contributed by atoms with Gasteiger partial charge in [0.1, 0.15) is 17.3 Å². The van der Waals surface area contributed by atoms with Gasteiger partial charge in [-0.2, -0.15) is 5.26 Å². The first kappa shape index (κ1) is 11.5. The first-order chi connectivity index (χ1) is 8.20. The van der Waals surface area contributed by atoms with Crippen LogP contribution in [0.25, 0.3) is 0 Å². The summed E-state index contributed by atoms with van der Waals surface area (Å²) in [6.07, 6.45) is 3.90. The summed E-state index contributed by atoms with van der Waals surface area (Å²) in [5, 5.41) is 9.13. The van der Waals surface area contributed by atoms with Gasteiger partial charge in [-0.1, -0.05) is 6.42 Å². The molecule has 5 heteroatoms. The van der Waals surface area contributed by atoms with Crippen LogP contribution in [0.5, 0.6) is 0 Å². The second kappa shape index (κ2) is 4.50. The zero-order valence-electron chi connectivity index (χ0n) is 9.82. The molecule has 0 aliphatic carbocycles. The van der Waals surface area contributed by atoms with Crippen LogP contribution in [0.3, 0.4) is 0 Å². The average molecular weight is 233 g/mol. The van der Waals surface area contributed by atoms with Crippen LogP contribution in [-0.2, 0) is 17.7 Å². The highest BCUT2D eigenvalue weighted by atomic mass is 16.5. The SMILES string of the molecule is COC(=O)c1c(N)c(C#N)n2c1CCCCC2. The number of aromatic nitrogens is 1. The minimum Gasteiger partial charge on any atom is -0.465 e. The second-order valence-corrected chi connectivity index (χ2v) is 4.15. The summed E-state index contributed by atoms with van der Waals surface area (Å²) in [5.74, 6) is -0.449. The number of hydrogen-bond acceptors (Lipinski definition) is 4. The topological polar surface area (TPSA) is 81.0 Å². The van der Waals surface area contributed by atoms with Crippen molar-refractivity contribution in [3.8, 4) is 6.07 Å². The van der Waals surface area contributed by atoms with E-state index in [4.69, 9.17) is 15.7 Å². The molecule has 0 spiro atoms. The van der Waals surface area contributed by atoms with E-state index in [1.807, 2.05) is 4.57 Å². The number of anilines is 1. The van der Waals surface area contributed by atoms with Crippen LogP contribution in [0.2, 0.25) is 0 Å². The van der Waals surface area contributed by atoms with E-state index in [1.54, 1.807) is 0 Å². The molecule has 0 aromatic carbocycles. The maximum atomic E-state index is 11.7. The zero-order valence-corrected chi connectivity index (χ0v) is 9.82. The Morgan fingerprint density at radius 3 is 2.88 bits per heavy atom. The van der Waals surface area contributed by atoms with Gasteiger partial charge in [0.15, 0.2) is 0 Å². The van der Waals surface area contributed by atoms with E-state index in [0.29, 0.717) is 11.3 Å². The van der Waals surface area contributed by atoms with E-state index < -0.39 is 5.97 Å². The molecule has 2 N–H and O–H groups in total. The number of nitriles is 1. The fraction of sp³-hybridized carbons (Fsp3) is 0.500.